The van der Waals surface area contributed by atoms with Gasteiger partial charge in [0.15, 0.2) is 6.61 Å². The molecule has 10 heteroatoms. The van der Waals surface area contributed by atoms with E-state index in [9.17, 15) is 9.59 Å². The number of fused-ring (bicyclic) bond motifs is 1. The minimum absolute atomic E-state index is 0.0885. The molecule has 0 spiro atoms. The number of ether oxygens (including phenoxy) is 3. The number of halogens is 2. The normalized spacial score (nSPS) is 16.9. The van der Waals surface area contributed by atoms with Gasteiger partial charge in [0.2, 0.25) is 5.91 Å². The summed E-state index contributed by atoms with van der Waals surface area (Å²) in [6.45, 7) is 8.97. The van der Waals surface area contributed by atoms with E-state index in [-0.39, 0.29) is 35.6 Å². The van der Waals surface area contributed by atoms with Gasteiger partial charge in [-0.25, -0.2) is 0 Å². The first kappa shape index (κ1) is 30.2. The molecule has 0 aromatic heterocycles. The third-order valence-corrected chi connectivity index (χ3v) is 8.08. The van der Waals surface area contributed by atoms with Gasteiger partial charge in [-0.15, -0.1) is 0 Å². The third kappa shape index (κ3) is 7.01. The second kappa shape index (κ2) is 13.3. The largest absolute Gasteiger partial charge is 0.491 e. The molecular weight excluding hydrogens is 577 g/mol. The molecule has 222 valence electrons. The maximum absolute atomic E-state index is 13.7. The van der Waals surface area contributed by atoms with Crippen LogP contribution >= 0.6 is 23.2 Å². The number of rotatable bonds is 9. The first-order valence-corrected chi connectivity index (χ1v) is 14.9. The molecule has 8 nitrogen and oxygen atoms in total. The van der Waals surface area contributed by atoms with Crippen molar-refractivity contribution in [2.75, 3.05) is 44.4 Å². The van der Waals surface area contributed by atoms with E-state index >= 15 is 0 Å². The highest BCUT2D eigenvalue weighted by Gasteiger charge is 2.35. The number of carbonyl (C=O) groups excluding carboxylic acids is 2. The van der Waals surface area contributed by atoms with Gasteiger partial charge >= 0.3 is 0 Å². The predicted octanol–water partition coefficient (Wildman–Crippen LogP) is 5.75. The predicted molar refractivity (Wildman–Crippen MR) is 165 cm³/mol. The van der Waals surface area contributed by atoms with Crippen molar-refractivity contribution >= 4 is 40.7 Å². The summed E-state index contributed by atoms with van der Waals surface area (Å²) in [6.07, 6.45) is 0.0885. The lowest BCUT2D eigenvalue weighted by atomic mass is 9.99. The average Bonchev–Trinajstić information content (AvgIpc) is 2.98. The van der Waals surface area contributed by atoms with Crippen molar-refractivity contribution in [2.45, 2.75) is 39.0 Å². The molecule has 3 aromatic rings. The van der Waals surface area contributed by atoms with Crippen molar-refractivity contribution in [1.82, 2.24) is 10.2 Å². The lowest BCUT2D eigenvalue weighted by Crippen LogP contribution is -2.53. The second-order valence-electron chi connectivity index (χ2n) is 10.8. The topological polar surface area (TPSA) is 80.3 Å². The van der Waals surface area contributed by atoms with Gasteiger partial charge in [-0.2, -0.15) is 0 Å². The highest BCUT2D eigenvalue weighted by Crippen LogP contribution is 2.39. The Morgan fingerprint density at radius 2 is 1.69 bits per heavy atom. The SMILES string of the molecule is CC(C)Oc1cccc(-c2ccc(C(CN3CCOCC3)NC(=O)C(C)N3C(=O)COc4cc(Cl)c(Cl)cc43)cc2)c1. The first-order chi connectivity index (χ1) is 20.2. The van der Waals surface area contributed by atoms with E-state index in [0.29, 0.717) is 36.2 Å². The van der Waals surface area contributed by atoms with Gasteiger partial charge in [0, 0.05) is 25.7 Å². The fraction of sp³-hybridized carbons (Fsp3) is 0.375. The van der Waals surface area contributed by atoms with E-state index in [1.807, 2.05) is 50.2 Å². The van der Waals surface area contributed by atoms with Crippen LogP contribution in [0.4, 0.5) is 5.69 Å². The summed E-state index contributed by atoms with van der Waals surface area (Å²) < 4.78 is 17.0. The van der Waals surface area contributed by atoms with Crippen LogP contribution in [0, 0.1) is 0 Å². The number of anilines is 1. The molecule has 2 unspecified atom stereocenters. The van der Waals surface area contributed by atoms with Gasteiger partial charge in [0.1, 0.15) is 17.5 Å². The Balaban J connectivity index is 1.38. The number of hydrogen-bond donors (Lipinski definition) is 1. The Hall–Kier alpha value is -3.30. The Kier molecular flexibility index (Phi) is 9.58. The molecule has 1 fully saturated rings. The van der Waals surface area contributed by atoms with Gasteiger partial charge in [0.25, 0.3) is 5.91 Å². The first-order valence-electron chi connectivity index (χ1n) is 14.1. The summed E-state index contributed by atoms with van der Waals surface area (Å²) in [5.41, 5.74) is 3.47. The minimum Gasteiger partial charge on any atom is -0.491 e. The van der Waals surface area contributed by atoms with Gasteiger partial charge in [-0.3, -0.25) is 19.4 Å². The van der Waals surface area contributed by atoms with Crippen molar-refractivity contribution in [1.29, 1.82) is 0 Å². The van der Waals surface area contributed by atoms with Crippen LogP contribution in [0.1, 0.15) is 32.4 Å². The van der Waals surface area contributed by atoms with E-state index in [2.05, 4.69) is 22.3 Å². The average molecular weight is 613 g/mol. The fourth-order valence-electron chi connectivity index (χ4n) is 5.20. The van der Waals surface area contributed by atoms with E-state index in [1.165, 1.54) is 4.90 Å². The minimum atomic E-state index is -0.812. The summed E-state index contributed by atoms with van der Waals surface area (Å²) in [7, 11) is 0. The molecule has 5 rings (SSSR count). The quantitative estimate of drug-likeness (QED) is 0.332. The maximum atomic E-state index is 13.7. The van der Waals surface area contributed by atoms with Crippen molar-refractivity contribution < 1.29 is 23.8 Å². The van der Waals surface area contributed by atoms with Gasteiger partial charge in [-0.1, -0.05) is 59.6 Å². The molecule has 3 aromatic carbocycles. The van der Waals surface area contributed by atoms with E-state index in [4.69, 9.17) is 37.4 Å². The van der Waals surface area contributed by atoms with Crippen LogP contribution in [-0.2, 0) is 14.3 Å². The Bertz CT molecular complexity index is 1430. The highest BCUT2D eigenvalue weighted by atomic mass is 35.5. The van der Waals surface area contributed by atoms with E-state index in [1.54, 1.807) is 19.1 Å². The van der Waals surface area contributed by atoms with Gasteiger partial charge in [0.05, 0.1) is 41.1 Å². The number of amides is 2. The molecule has 42 heavy (non-hydrogen) atoms. The van der Waals surface area contributed by atoms with E-state index < -0.39 is 6.04 Å². The molecule has 0 saturated carbocycles. The molecular formula is C32H35Cl2N3O5. The fourth-order valence-corrected chi connectivity index (χ4v) is 5.52. The van der Waals surface area contributed by atoms with Crippen LogP contribution in [0.25, 0.3) is 11.1 Å². The van der Waals surface area contributed by atoms with Crippen LogP contribution in [0.2, 0.25) is 10.0 Å². The van der Waals surface area contributed by atoms with Crippen molar-refractivity contribution in [3.63, 3.8) is 0 Å². The van der Waals surface area contributed by atoms with Crippen molar-refractivity contribution in [3.8, 4) is 22.6 Å². The van der Waals surface area contributed by atoms with Crippen LogP contribution in [0.5, 0.6) is 11.5 Å². The third-order valence-electron chi connectivity index (χ3n) is 7.36. The van der Waals surface area contributed by atoms with Crippen molar-refractivity contribution in [2.24, 2.45) is 0 Å². The zero-order valence-electron chi connectivity index (χ0n) is 23.9. The molecule has 0 radical (unpaired) electrons. The van der Waals surface area contributed by atoms with Crippen LogP contribution in [0.3, 0.4) is 0 Å². The molecule has 2 aliphatic heterocycles. The molecule has 0 aliphatic carbocycles. The van der Waals surface area contributed by atoms with Crippen LogP contribution in [-0.4, -0.2) is 68.3 Å². The molecule has 2 amide bonds. The lowest BCUT2D eigenvalue weighted by molar-refractivity contribution is -0.128. The summed E-state index contributed by atoms with van der Waals surface area (Å²) in [5.74, 6) is 0.609. The van der Waals surface area contributed by atoms with E-state index in [0.717, 1.165) is 35.5 Å². The zero-order valence-corrected chi connectivity index (χ0v) is 25.5. The summed E-state index contributed by atoms with van der Waals surface area (Å²) in [6, 6.07) is 18.2. The van der Waals surface area contributed by atoms with Gasteiger partial charge in [-0.05, 0) is 55.7 Å². The number of morpholine rings is 1. The maximum Gasteiger partial charge on any atom is 0.265 e. The highest BCUT2D eigenvalue weighted by molar-refractivity contribution is 6.42. The Labute approximate surface area is 256 Å². The number of nitrogens with zero attached hydrogens (tertiary/aromatic N) is 2. The van der Waals surface area contributed by atoms with Gasteiger partial charge < -0.3 is 19.5 Å². The second-order valence-corrected chi connectivity index (χ2v) is 11.6. The summed E-state index contributed by atoms with van der Waals surface area (Å²) >= 11 is 12.4. The standard InChI is InChI=1S/C32H35Cl2N3O5/c1-20(2)42-25-6-4-5-24(15-25)22-7-9-23(10-8-22)28(18-36-11-13-40-14-12-36)35-32(39)21(3)37-29-16-26(33)27(34)17-30(29)41-19-31(37)38/h4-10,15-17,20-21,28H,11-14,18-19H2,1-3H3,(H,35,39). The summed E-state index contributed by atoms with van der Waals surface area (Å²) in [5, 5.41) is 3.80. The number of hydrogen-bond acceptors (Lipinski definition) is 6. The lowest BCUT2D eigenvalue weighted by Gasteiger charge is -2.35. The smallest absolute Gasteiger partial charge is 0.265 e. The number of nitrogens with one attached hydrogen (secondary N) is 1. The molecule has 1 N–H and O–H groups in total. The molecule has 2 aliphatic rings. The Morgan fingerprint density at radius 1 is 0.976 bits per heavy atom. The van der Waals surface area contributed by atoms with Crippen molar-refractivity contribution in [3.05, 3.63) is 76.3 Å². The molecule has 1 saturated heterocycles. The number of benzene rings is 3. The molecule has 2 heterocycles. The zero-order chi connectivity index (χ0) is 29.8. The number of carbonyl (C=O) groups is 2. The molecule has 2 atom stereocenters. The van der Waals surface area contributed by atoms with Crippen LogP contribution in [0.15, 0.2) is 60.7 Å². The Morgan fingerprint density at radius 3 is 2.40 bits per heavy atom. The monoisotopic (exact) mass is 611 g/mol. The molecule has 0 bridgehead atoms. The van der Waals surface area contributed by atoms with Crippen LogP contribution < -0.4 is 19.7 Å². The summed E-state index contributed by atoms with van der Waals surface area (Å²) in [4.78, 5) is 30.4.